The molecule has 2 aliphatic rings. The summed E-state index contributed by atoms with van der Waals surface area (Å²) in [6, 6.07) is 5.89. The van der Waals surface area contributed by atoms with Crippen LogP contribution in [0.1, 0.15) is 30.7 Å². The lowest BCUT2D eigenvalue weighted by Gasteiger charge is -2.23. The Balaban J connectivity index is 1.46. The quantitative estimate of drug-likeness (QED) is 0.847. The second-order valence-electron chi connectivity index (χ2n) is 6.26. The zero-order chi connectivity index (χ0) is 14.9. The van der Waals surface area contributed by atoms with Gasteiger partial charge in [-0.25, -0.2) is 4.68 Å². The van der Waals surface area contributed by atoms with Crippen LogP contribution in [0.25, 0.3) is 0 Å². The molecule has 2 aromatic rings. The van der Waals surface area contributed by atoms with Crippen LogP contribution in [0, 0.1) is 0 Å². The Morgan fingerprint density at radius 3 is 3.09 bits per heavy atom. The number of hydrogen-bond donors (Lipinski definition) is 0. The third-order valence-electron chi connectivity index (χ3n) is 4.75. The zero-order valence-corrected chi connectivity index (χ0v) is 12.7. The molecule has 1 unspecified atom stereocenters. The summed E-state index contributed by atoms with van der Waals surface area (Å²) in [5, 5.41) is 8.89. The molecule has 0 aromatic carbocycles. The van der Waals surface area contributed by atoms with Gasteiger partial charge < -0.3 is 0 Å². The van der Waals surface area contributed by atoms with E-state index in [-0.39, 0.29) is 5.56 Å². The highest BCUT2D eigenvalue weighted by atomic mass is 16.1. The first-order valence-corrected chi connectivity index (χ1v) is 8.11. The van der Waals surface area contributed by atoms with E-state index < -0.39 is 0 Å². The van der Waals surface area contributed by atoms with Crippen molar-refractivity contribution in [1.82, 2.24) is 24.5 Å². The van der Waals surface area contributed by atoms with E-state index in [0.717, 1.165) is 38.2 Å². The molecule has 1 atom stereocenters. The van der Waals surface area contributed by atoms with Crippen molar-refractivity contribution in [3.8, 4) is 0 Å². The molecule has 0 radical (unpaired) electrons. The number of nitrogens with zero attached hydrogens (tertiary/aromatic N) is 5. The maximum Gasteiger partial charge on any atom is 0.266 e. The summed E-state index contributed by atoms with van der Waals surface area (Å²) in [5.74, 6) is 0. The Kier molecular flexibility index (Phi) is 3.54. The van der Waals surface area contributed by atoms with Gasteiger partial charge in [-0.3, -0.25) is 14.4 Å². The number of aromatic nitrogens is 4. The fourth-order valence-corrected chi connectivity index (χ4v) is 3.64. The molecule has 0 amide bonds. The van der Waals surface area contributed by atoms with Crippen molar-refractivity contribution in [2.45, 2.75) is 51.4 Å². The molecule has 22 heavy (non-hydrogen) atoms. The number of likely N-dealkylation sites (tertiary alicyclic amines) is 1. The third-order valence-corrected chi connectivity index (χ3v) is 4.75. The molecule has 0 spiro atoms. The molecule has 4 rings (SSSR count). The monoisotopic (exact) mass is 299 g/mol. The summed E-state index contributed by atoms with van der Waals surface area (Å²) in [6.45, 7) is 3.69. The number of aryl methyl sites for hydroxylation is 2. The molecule has 116 valence electrons. The standard InChI is InChI=1S/C16H21N5O/c22-16-6-1-7-17-21(16)12-15-5-2-8-19(15)11-13-10-14-4-3-9-20(14)18-13/h1,6-7,10,15H,2-5,8-9,11-12H2. The molecular formula is C16H21N5O. The molecule has 2 aromatic heterocycles. The van der Waals surface area contributed by atoms with Crippen LogP contribution in [0.5, 0.6) is 0 Å². The van der Waals surface area contributed by atoms with Gasteiger partial charge in [-0.2, -0.15) is 10.2 Å². The third kappa shape index (κ3) is 2.59. The van der Waals surface area contributed by atoms with E-state index in [1.807, 2.05) is 0 Å². The molecule has 4 heterocycles. The Morgan fingerprint density at radius 1 is 1.27 bits per heavy atom. The lowest BCUT2D eigenvalue weighted by Crippen LogP contribution is -2.36. The van der Waals surface area contributed by atoms with Gasteiger partial charge >= 0.3 is 0 Å². The molecular weight excluding hydrogens is 278 g/mol. The van der Waals surface area contributed by atoms with Crippen molar-refractivity contribution >= 4 is 0 Å². The molecule has 0 saturated carbocycles. The van der Waals surface area contributed by atoms with E-state index in [1.54, 1.807) is 23.0 Å². The van der Waals surface area contributed by atoms with Crippen LogP contribution in [-0.2, 0) is 26.1 Å². The van der Waals surface area contributed by atoms with Crippen LogP contribution < -0.4 is 5.56 Å². The van der Waals surface area contributed by atoms with Gasteiger partial charge in [0.25, 0.3) is 5.56 Å². The Morgan fingerprint density at radius 2 is 2.23 bits per heavy atom. The van der Waals surface area contributed by atoms with E-state index in [1.165, 1.54) is 18.5 Å². The molecule has 0 aliphatic carbocycles. The average molecular weight is 299 g/mol. The minimum atomic E-state index is -0.0182. The number of fused-ring (bicyclic) bond motifs is 1. The van der Waals surface area contributed by atoms with Crippen LogP contribution >= 0.6 is 0 Å². The van der Waals surface area contributed by atoms with E-state index in [2.05, 4.69) is 20.7 Å². The topological polar surface area (TPSA) is 56.0 Å². The smallest absolute Gasteiger partial charge is 0.266 e. The van der Waals surface area contributed by atoms with Gasteiger partial charge in [0.1, 0.15) is 0 Å². The largest absolute Gasteiger partial charge is 0.293 e. The zero-order valence-electron chi connectivity index (χ0n) is 12.7. The summed E-state index contributed by atoms with van der Waals surface area (Å²) in [4.78, 5) is 14.3. The van der Waals surface area contributed by atoms with Gasteiger partial charge in [0, 0.05) is 37.1 Å². The van der Waals surface area contributed by atoms with Gasteiger partial charge in [0.05, 0.1) is 12.2 Å². The summed E-state index contributed by atoms with van der Waals surface area (Å²) in [5.41, 5.74) is 2.51. The summed E-state index contributed by atoms with van der Waals surface area (Å²) in [6.07, 6.45) is 6.36. The normalized spacial score (nSPS) is 21.4. The fourth-order valence-electron chi connectivity index (χ4n) is 3.64. The number of rotatable bonds is 4. The van der Waals surface area contributed by atoms with E-state index in [9.17, 15) is 4.79 Å². The molecule has 0 bridgehead atoms. The lowest BCUT2D eigenvalue weighted by atomic mass is 10.2. The predicted octanol–water partition coefficient (Wildman–Crippen LogP) is 1.05. The second-order valence-corrected chi connectivity index (χ2v) is 6.26. The minimum absolute atomic E-state index is 0.0182. The van der Waals surface area contributed by atoms with Gasteiger partial charge in [-0.1, -0.05) is 0 Å². The first kappa shape index (κ1) is 13.7. The van der Waals surface area contributed by atoms with Gasteiger partial charge in [0.15, 0.2) is 0 Å². The molecule has 1 saturated heterocycles. The van der Waals surface area contributed by atoms with Crippen molar-refractivity contribution in [2.75, 3.05) is 6.54 Å². The highest BCUT2D eigenvalue weighted by Gasteiger charge is 2.26. The van der Waals surface area contributed by atoms with Gasteiger partial charge in [-0.15, -0.1) is 0 Å². The van der Waals surface area contributed by atoms with E-state index >= 15 is 0 Å². The molecule has 1 fully saturated rings. The van der Waals surface area contributed by atoms with Crippen molar-refractivity contribution < 1.29 is 0 Å². The highest BCUT2D eigenvalue weighted by molar-refractivity contribution is 5.13. The van der Waals surface area contributed by atoms with Crippen LogP contribution in [-0.4, -0.2) is 37.0 Å². The van der Waals surface area contributed by atoms with Crippen LogP contribution in [0.3, 0.4) is 0 Å². The first-order chi connectivity index (χ1) is 10.8. The Labute approximate surface area is 129 Å². The maximum absolute atomic E-state index is 11.8. The number of hydrogen-bond acceptors (Lipinski definition) is 4. The SMILES string of the molecule is O=c1cccnn1CC1CCCN1Cc1cc2n(n1)CCC2. The summed E-state index contributed by atoms with van der Waals surface area (Å²) < 4.78 is 3.72. The first-order valence-electron chi connectivity index (χ1n) is 8.11. The molecule has 2 aliphatic heterocycles. The highest BCUT2D eigenvalue weighted by Crippen LogP contribution is 2.22. The van der Waals surface area contributed by atoms with Crippen molar-refractivity contribution in [3.05, 3.63) is 46.1 Å². The average Bonchev–Trinajstić information content (AvgIpc) is 3.19. The molecule has 6 heteroatoms. The Hall–Kier alpha value is -1.95. The van der Waals surface area contributed by atoms with Crippen molar-refractivity contribution in [3.63, 3.8) is 0 Å². The predicted molar refractivity (Wildman–Crippen MR) is 82.5 cm³/mol. The second kappa shape index (κ2) is 5.68. The fraction of sp³-hybridized carbons (Fsp3) is 0.562. The van der Waals surface area contributed by atoms with Crippen molar-refractivity contribution in [2.24, 2.45) is 0 Å². The van der Waals surface area contributed by atoms with Crippen molar-refractivity contribution in [1.29, 1.82) is 0 Å². The molecule has 6 nitrogen and oxygen atoms in total. The van der Waals surface area contributed by atoms with Gasteiger partial charge in [0.2, 0.25) is 0 Å². The van der Waals surface area contributed by atoms with Crippen LogP contribution in [0.15, 0.2) is 29.2 Å². The van der Waals surface area contributed by atoms with Crippen LogP contribution in [0.2, 0.25) is 0 Å². The summed E-state index contributed by atoms with van der Waals surface area (Å²) in [7, 11) is 0. The molecule has 0 N–H and O–H groups in total. The maximum atomic E-state index is 11.8. The van der Waals surface area contributed by atoms with Crippen LogP contribution in [0.4, 0.5) is 0 Å². The van der Waals surface area contributed by atoms with E-state index in [0.29, 0.717) is 12.6 Å². The van der Waals surface area contributed by atoms with E-state index in [4.69, 9.17) is 5.10 Å². The summed E-state index contributed by atoms with van der Waals surface area (Å²) >= 11 is 0. The lowest BCUT2D eigenvalue weighted by molar-refractivity contribution is 0.214. The minimum Gasteiger partial charge on any atom is -0.293 e. The van der Waals surface area contributed by atoms with Gasteiger partial charge in [-0.05, 0) is 44.4 Å². The Bertz CT molecular complexity index is 698.